The molecule has 3 nitrogen and oxygen atoms in total. The Morgan fingerprint density at radius 3 is 2.23 bits per heavy atom. The normalized spacial score (nSPS) is 10.3. The van der Waals surface area contributed by atoms with Crippen LogP contribution in [0.15, 0.2) is 78.9 Å². The number of para-hydroxylation sites is 1. The van der Waals surface area contributed by atoms with E-state index in [0.29, 0.717) is 17.7 Å². The zero-order valence-electron chi connectivity index (χ0n) is 14.7. The molecule has 26 heavy (non-hydrogen) atoms. The fourth-order valence-electron chi connectivity index (χ4n) is 2.91. The molecule has 3 aromatic carbocycles. The Balaban J connectivity index is 1.73. The summed E-state index contributed by atoms with van der Waals surface area (Å²) >= 11 is 0. The van der Waals surface area contributed by atoms with E-state index in [0.717, 1.165) is 16.7 Å². The standard InChI is InChI=1S/C23H21NO2/c1-17-8-7-11-19(14-17)15-22(25)20-12-5-6-13-21(20)24-23(26)16-18-9-3-2-4-10-18/h2-14H,15-16H2,1H3,(H,24,26). The van der Waals surface area contributed by atoms with E-state index < -0.39 is 0 Å². The summed E-state index contributed by atoms with van der Waals surface area (Å²) in [5.41, 5.74) is 4.13. The van der Waals surface area contributed by atoms with E-state index in [1.807, 2.05) is 73.7 Å². The Labute approximate surface area is 153 Å². The minimum absolute atomic E-state index is 0.00814. The third-order valence-corrected chi connectivity index (χ3v) is 4.16. The molecule has 3 aromatic rings. The lowest BCUT2D eigenvalue weighted by molar-refractivity contribution is -0.115. The molecule has 0 heterocycles. The van der Waals surface area contributed by atoms with Crippen molar-refractivity contribution in [1.82, 2.24) is 0 Å². The third kappa shape index (κ3) is 4.67. The van der Waals surface area contributed by atoms with Crippen LogP contribution in [0.5, 0.6) is 0 Å². The first-order valence-corrected chi connectivity index (χ1v) is 8.63. The quantitative estimate of drug-likeness (QED) is 0.665. The van der Waals surface area contributed by atoms with Gasteiger partial charge in [-0.3, -0.25) is 9.59 Å². The molecule has 0 radical (unpaired) electrons. The van der Waals surface area contributed by atoms with Gasteiger partial charge < -0.3 is 5.32 Å². The second-order valence-electron chi connectivity index (χ2n) is 6.35. The van der Waals surface area contributed by atoms with Crippen LogP contribution in [0, 0.1) is 6.92 Å². The van der Waals surface area contributed by atoms with Gasteiger partial charge in [-0.25, -0.2) is 0 Å². The molecule has 0 unspecified atom stereocenters. The first kappa shape index (κ1) is 17.6. The molecule has 0 aromatic heterocycles. The van der Waals surface area contributed by atoms with Crippen LogP contribution in [-0.4, -0.2) is 11.7 Å². The summed E-state index contributed by atoms with van der Waals surface area (Å²) in [4.78, 5) is 25.1. The zero-order chi connectivity index (χ0) is 18.4. The molecule has 0 aliphatic heterocycles. The molecule has 0 saturated carbocycles. The number of nitrogens with one attached hydrogen (secondary N) is 1. The number of carbonyl (C=O) groups is 2. The molecule has 0 aliphatic rings. The van der Waals surface area contributed by atoms with Crippen molar-refractivity contribution in [3.8, 4) is 0 Å². The molecule has 3 heteroatoms. The topological polar surface area (TPSA) is 46.2 Å². The lowest BCUT2D eigenvalue weighted by atomic mass is 10.00. The van der Waals surface area contributed by atoms with Crippen LogP contribution in [0.25, 0.3) is 0 Å². The van der Waals surface area contributed by atoms with Gasteiger partial charge in [0.15, 0.2) is 5.78 Å². The highest BCUT2D eigenvalue weighted by Crippen LogP contribution is 2.18. The Bertz CT molecular complexity index is 916. The van der Waals surface area contributed by atoms with Gasteiger partial charge in [-0.2, -0.15) is 0 Å². The van der Waals surface area contributed by atoms with Crippen molar-refractivity contribution >= 4 is 17.4 Å². The van der Waals surface area contributed by atoms with Gasteiger partial charge in [0.1, 0.15) is 0 Å². The van der Waals surface area contributed by atoms with Crippen molar-refractivity contribution in [2.75, 3.05) is 5.32 Å². The Morgan fingerprint density at radius 2 is 1.46 bits per heavy atom. The number of hydrogen-bond acceptors (Lipinski definition) is 2. The number of benzene rings is 3. The smallest absolute Gasteiger partial charge is 0.228 e. The summed E-state index contributed by atoms with van der Waals surface area (Å²) in [6, 6.07) is 24.6. The van der Waals surface area contributed by atoms with Gasteiger partial charge in [0.05, 0.1) is 12.1 Å². The molecule has 0 aliphatic carbocycles. The van der Waals surface area contributed by atoms with Crippen molar-refractivity contribution in [3.05, 3.63) is 101 Å². The van der Waals surface area contributed by atoms with Gasteiger partial charge in [0.25, 0.3) is 0 Å². The molecular weight excluding hydrogens is 322 g/mol. The minimum atomic E-state index is -0.132. The molecule has 3 rings (SSSR count). The van der Waals surface area contributed by atoms with Gasteiger partial charge in [0.2, 0.25) is 5.91 Å². The van der Waals surface area contributed by atoms with Gasteiger partial charge in [-0.1, -0.05) is 72.3 Å². The maximum atomic E-state index is 12.7. The van der Waals surface area contributed by atoms with Crippen molar-refractivity contribution in [2.24, 2.45) is 0 Å². The van der Waals surface area contributed by atoms with Crippen LogP contribution in [0.3, 0.4) is 0 Å². The second kappa shape index (κ2) is 8.26. The van der Waals surface area contributed by atoms with Gasteiger partial charge in [-0.15, -0.1) is 0 Å². The number of hydrogen-bond donors (Lipinski definition) is 1. The maximum Gasteiger partial charge on any atom is 0.228 e. The summed E-state index contributed by atoms with van der Waals surface area (Å²) < 4.78 is 0. The predicted molar refractivity (Wildman–Crippen MR) is 104 cm³/mol. The Hall–Kier alpha value is -3.20. The number of carbonyl (C=O) groups excluding carboxylic acids is 2. The molecule has 0 fully saturated rings. The summed E-state index contributed by atoms with van der Waals surface area (Å²) in [7, 11) is 0. The number of ketones is 1. The lowest BCUT2D eigenvalue weighted by Crippen LogP contribution is -2.17. The van der Waals surface area contributed by atoms with Crippen LogP contribution >= 0.6 is 0 Å². The average molecular weight is 343 g/mol. The van der Waals surface area contributed by atoms with Crippen molar-refractivity contribution in [3.63, 3.8) is 0 Å². The SMILES string of the molecule is Cc1cccc(CC(=O)c2ccccc2NC(=O)Cc2ccccc2)c1. The van der Waals surface area contributed by atoms with Gasteiger partial charge >= 0.3 is 0 Å². The van der Waals surface area contributed by atoms with Crippen LogP contribution in [-0.2, 0) is 17.6 Å². The molecule has 0 spiro atoms. The van der Waals surface area contributed by atoms with E-state index in [1.54, 1.807) is 12.1 Å². The number of rotatable bonds is 6. The predicted octanol–water partition coefficient (Wildman–Crippen LogP) is 4.60. The molecular formula is C23H21NO2. The summed E-state index contributed by atoms with van der Waals surface area (Å²) in [5.74, 6) is -0.141. The Morgan fingerprint density at radius 1 is 0.769 bits per heavy atom. The van der Waals surface area contributed by atoms with Crippen LogP contribution in [0.1, 0.15) is 27.0 Å². The van der Waals surface area contributed by atoms with E-state index in [-0.39, 0.29) is 18.1 Å². The lowest BCUT2D eigenvalue weighted by Gasteiger charge is -2.11. The van der Waals surface area contributed by atoms with E-state index in [2.05, 4.69) is 5.32 Å². The van der Waals surface area contributed by atoms with Crippen LogP contribution in [0.2, 0.25) is 0 Å². The molecule has 130 valence electrons. The average Bonchev–Trinajstić information content (AvgIpc) is 2.63. The molecule has 0 atom stereocenters. The zero-order valence-corrected chi connectivity index (χ0v) is 14.7. The van der Waals surface area contributed by atoms with E-state index >= 15 is 0 Å². The number of amides is 1. The highest BCUT2D eigenvalue weighted by molar-refractivity contribution is 6.05. The van der Waals surface area contributed by atoms with E-state index in [4.69, 9.17) is 0 Å². The van der Waals surface area contributed by atoms with Crippen molar-refractivity contribution in [1.29, 1.82) is 0 Å². The minimum Gasteiger partial charge on any atom is -0.325 e. The third-order valence-electron chi connectivity index (χ3n) is 4.16. The van der Waals surface area contributed by atoms with Crippen molar-refractivity contribution in [2.45, 2.75) is 19.8 Å². The number of Topliss-reactive ketones (excluding diaryl/α,β-unsaturated/α-hetero) is 1. The first-order valence-electron chi connectivity index (χ1n) is 8.63. The summed E-state index contributed by atoms with van der Waals surface area (Å²) in [6.45, 7) is 2.01. The van der Waals surface area contributed by atoms with Crippen LogP contribution in [0.4, 0.5) is 5.69 Å². The van der Waals surface area contributed by atoms with E-state index in [9.17, 15) is 9.59 Å². The van der Waals surface area contributed by atoms with Crippen LogP contribution < -0.4 is 5.32 Å². The first-order chi connectivity index (χ1) is 12.6. The van der Waals surface area contributed by atoms with Gasteiger partial charge in [0, 0.05) is 12.0 Å². The fourth-order valence-corrected chi connectivity index (χ4v) is 2.91. The molecule has 0 bridgehead atoms. The molecule has 0 saturated heterocycles. The molecule has 1 amide bonds. The highest BCUT2D eigenvalue weighted by Gasteiger charge is 2.14. The van der Waals surface area contributed by atoms with Crippen molar-refractivity contribution < 1.29 is 9.59 Å². The summed E-state index contributed by atoms with van der Waals surface area (Å²) in [6.07, 6.45) is 0.592. The fraction of sp³-hybridized carbons (Fsp3) is 0.130. The summed E-state index contributed by atoms with van der Waals surface area (Å²) in [5, 5.41) is 2.88. The Kier molecular flexibility index (Phi) is 5.59. The van der Waals surface area contributed by atoms with E-state index in [1.165, 1.54) is 0 Å². The monoisotopic (exact) mass is 343 g/mol. The maximum absolute atomic E-state index is 12.7. The molecule has 1 N–H and O–H groups in total. The number of aryl methyl sites for hydroxylation is 1. The van der Waals surface area contributed by atoms with Gasteiger partial charge in [-0.05, 0) is 30.2 Å². The second-order valence-corrected chi connectivity index (χ2v) is 6.35. The number of anilines is 1. The largest absolute Gasteiger partial charge is 0.325 e. The highest BCUT2D eigenvalue weighted by atomic mass is 16.1.